The predicted molar refractivity (Wildman–Crippen MR) is 107 cm³/mol. The fourth-order valence-electron chi connectivity index (χ4n) is 3.36. The number of carbonyl (C=O) groups is 2. The summed E-state index contributed by atoms with van der Waals surface area (Å²) >= 11 is 0. The Morgan fingerprint density at radius 3 is 2.66 bits per heavy atom. The summed E-state index contributed by atoms with van der Waals surface area (Å²) in [4.78, 5) is 39.0. The van der Waals surface area contributed by atoms with Crippen LogP contribution in [-0.4, -0.2) is 47.5 Å². The van der Waals surface area contributed by atoms with Crippen molar-refractivity contribution >= 4 is 11.8 Å². The van der Waals surface area contributed by atoms with Gasteiger partial charge < -0.3 is 20.1 Å². The first-order valence-corrected chi connectivity index (χ1v) is 9.62. The van der Waals surface area contributed by atoms with Crippen LogP contribution in [0, 0.1) is 5.82 Å². The van der Waals surface area contributed by atoms with Crippen molar-refractivity contribution in [2.24, 2.45) is 0 Å². The standard InChI is InChI=1S/C21H25FN4O3/c1-25-10-2-3-18(13-25)24-21(29)16-6-9-20(28)26(12-16)14-19(27)23-11-15-4-7-17(22)8-5-15/h4-9,12,18H,2-3,10-11,13-14H2,1H3,(H,23,27)(H,24,29). The summed E-state index contributed by atoms with van der Waals surface area (Å²) in [6.45, 7) is 1.83. The van der Waals surface area contributed by atoms with Crippen molar-refractivity contribution in [3.8, 4) is 0 Å². The van der Waals surface area contributed by atoms with Crippen molar-refractivity contribution in [2.75, 3.05) is 20.1 Å². The van der Waals surface area contributed by atoms with Crippen LogP contribution in [0.3, 0.4) is 0 Å². The van der Waals surface area contributed by atoms with Gasteiger partial charge in [0.25, 0.3) is 11.5 Å². The zero-order chi connectivity index (χ0) is 20.8. The third kappa shape index (κ3) is 5.99. The molecule has 0 bridgehead atoms. The molecule has 1 saturated heterocycles. The summed E-state index contributed by atoms with van der Waals surface area (Å²) in [6.07, 6.45) is 3.35. The lowest BCUT2D eigenvalue weighted by atomic mass is 10.1. The van der Waals surface area contributed by atoms with E-state index in [4.69, 9.17) is 0 Å². The molecule has 7 nitrogen and oxygen atoms in total. The monoisotopic (exact) mass is 400 g/mol. The molecule has 0 saturated carbocycles. The van der Waals surface area contributed by atoms with Gasteiger partial charge in [-0.1, -0.05) is 12.1 Å². The number of aromatic nitrogens is 1. The average Bonchev–Trinajstić information content (AvgIpc) is 2.69. The Hall–Kier alpha value is -3.00. The molecule has 0 aliphatic carbocycles. The largest absolute Gasteiger partial charge is 0.350 e. The number of pyridine rings is 1. The lowest BCUT2D eigenvalue weighted by molar-refractivity contribution is -0.121. The molecule has 2 heterocycles. The van der Waals surface area contributed by atoms with Crippen LogP contribution < -0.4 is 16.2 Å². The van der Waals surface area contributed by atoms with Gasteiger partial charge in [-0.25, -0.2) is 4.39 Å². The molecule has 1 aliphatic rings. The number of hydrogen-bond acceptors (Lipinski definition) is 4. The van der Waals surface area contributed by atoms with E-state index in [0.717, 1.165) is 31.5 Å². The number of likely N-dealkylation sites (N-methyl/N-ethyl adjacent to an activating group) is 1. The van der Waals surface area contributed by atoms with Gasteiger partial charge >= 0.3 is 0 Å². The first kappa shape index (κ1) is 20.7. The number of amides is 2. The Morgan fingerprint density at radius 1 is 1.17 bits per heavy atom. The van der Waals surface area contributed by atoms with Crippen molar-refractivity contribution < 1.29 is 14.0 Å². The van der Waals surface area contributed by atoms with Crippen molar-refractivity contribution in [1.29, 1.82) is 0 Å². The van der Waals surface area contributed by atoms with Crippen LogP contribution >= 0.6 is 0 Å². The molecule has 8 heteroatoms. The minimum absolute atomic E-state index is 0.0700. The van der Waals surface area contributed by atoms with Gasteiger partial charge in [0.15, 0.2) is 0 Å². The van der Waals surface area contributed by atoms with Gasteiger partial charge in [-0.2, -0.15) is 0 Å². The number of benzene rings is 1. The molecule has 29 heavy (non-hydrogen) atoms. The van der Waals surface area contributed by atoms with E-state index in [-0.39, 0.29) is 42.3 Å². The van der Waals surface area contributed by atoms with Gasteiger partial charge in [0.05, 0.1) is 5.56 Å². The van der Waals surface area contributed by atoms with Gasteiger partial charge in [-0.3, -0.25) is 14.4 Å². The van der Waals surface area contributed by atoms with E-state index < -0.39 is 0 Å². The Labute approximate surface area is 168 Å². The molecule has 1 aromatic carbocycles. The number of likely N-dealkylation sites (tertiary alicyclic amines) is 1. The maximum atomic E-state index is 12.9. The minimum atomic E-state index is -0.372. The SMILES string of the molecule is CN1CCCC(NC(=O)c2ccc(=O)n(CC(=O)NCc3ccc(F)cc3)c2)C1. The number of hydrogen-bond donors (Lipinski definition) is 2. The molecular formula is C21H25FN4O3. The second-order valence-electron chi connectivity index (χ2n) is 7.36. The zero-order valence-electron chi connectivity index (χ0n) is 16.4. The van der Waals surface area contributed by atoms with Gasteiger partial charge in [-0.05, 0) is 50.2 Å². The van der Waals surface area contributed by atoms with Crippen molar-refractivity contribution in [3.63, 3.8) is 0 Å². The first-order chi connectivity index (χ1) is 13.9. The number of piperidine rings is 1. The minimum Gasteiger partial charge on any atom is -0.350 e. The second-order valence-corrected chi connectivity index (χ2v) is 7.36. The molecule has 2 N–H and O–H groups in total. The Morgan fingerprint density at radius 2 is 1.93 bits per heavy atom. The molecule has 2 amide bonds. The molecule has 0 radical (unpaired) electrons. The highest BCUT2D eigenvalue weighted by Crippen LogP contribution is 2.09. The summed E-state index contributed by atoms with van der Waals surface area (Å²) in [5.74, 6) is -0.977. The third-order valence-corrected chi connectivity index (χ3v) is 4.92. The lowest BCUT2D eigenvalue weighted by Crippen LogP contribution is -2.46. The van der Waals surface area contributed by atoms with Crippen LogP contribution in [0.5, 0.6) is 0 Å². The zero-order valence-corrected chi connectivity index (χ0v) is 16.4. The van der Waals surface area contributed by atoms with Gasteiger partial charge in [0.2, 0.25) is 5.91 Å². The lowest BCUT2D eigenvalue weighted by Gasteiger charge is -2.30. The molecule has 1 aliphatic heterocycles. The van der Waals surface area contributed by atoms with Crippen LogP contribution in [0.4, 0.5) is 4.39 Å². The average molecular weight is 400 g/mol. The summed E-state index contributed by atoms with van der Waals surface area (Å²) in [6, 6.07) is 8.62. The summed E-state index contributed by atoms with van der Waals surface area (Å²) in [5.41, 5.74) is 0.720. The van der Waals surface area contributed by atoms with Crippen molar-refractivity contribution in [2.45, 2.75) is 32.0 Å². The van der Waals surface area contributed by atoms with E-state index in [2.05, 4.69) is 15.5 Å². The van der Waals surface area contributed by atoms with E-state index >= 15 is 0 Å². The Bertz CT molecular complexity index is 926. The molecular weight excluding hydrogens is 375 g/mol. The maximum Gasteiger partial charge on any atom is 0.253 e. The summed E-state index contributed by atoms with van der Waals surface area (Å²) in [5, 5.41) is 5.68. The normalized spacial score (nSPS) is 17.0. The van der Waals surface area contributed by atoms with E-state index in [1.54, 1.807) is 12.1 Å². The van der Waals surface area contributed by atoms with Crippen LogP contribution in [0.2, 0.25) is 0 Å². The molecule has 1 aromatic heterocycles. The smallest absolute Gasteiger partial charge is 0.253 e. The van der Waals surface area contributed by atoms with Crippen molar-refractivity contribution in [1.82, 2.24) is 20.1 Å². The highest BCUT2D eigenvalue weighted by molar-refractivity contribution is 5.94. The second kappa shape index (κ2) is 9.47. The van der Waals surface area contributed by atoms with Gasteiger partial charge in [0.1, 0.15) is 12.4 Å². The van der Waals surface area contributed by atoms with Crippen LogP contribution in [0.1, 0.15) is 28.8 Å². The Kier molecular flexibility index (Phi) is 6.77. The fraction of sp³-hybridized carbons (Fsp3) is 0.381. The molecule has 1 fully saturated rings. The fourth-order valence-corrected chi connectivity index (χ4v) is 3.36. The highest BCUT2D eigenvalue weighted by Gasteiger charge is 2.20. The van der Waals surface area contributed by atoms with Crippen LogP contribution in [0.25, 0.3) is 0 Å². The third-order valence-electron chi connectivity index (χ3n) is 4.92. The molecule has 1 atom stereocenters. The molecule has 1 unspecified atom stereocenters. The van der Waals surface area contributed by atoms with Crippen LogP contribution in [-0.2, 0) is 17.9 Å². The molecule has 154 valence electrons. The molecule has 0 spiro atoms. The van der Waals surface area contributed by atoms with Crippen LogP contribution in [0.15, 0.2) is 47.4 Å². The van der Waals surface area contributed by atoms with Crippen molar-refractivity contribution in [3.05, 3.63) is 69.9 Å². The predicted octanol–water partition coefficient (Wildman–Crippen LogP) is 1.13. The van der Waals surface area contributed by atoms with E-state index in [1.807, 2.05) is 7.05 Å². The topological polar surface area (TPSA) is 83.4 Å². The first-order valence-electron chi connectivity index (χ1n) is 9.62. The number of nitrogens with one attached hydrogen (secondary N) is 2. The number of rotatable bonds is 6. The highest BCUT2D eigenvalue weighted by atomic mass is 19.1. The number of carbonyl (C=O) groups excluding carboxylic acids is 2. The Balaban J connectivity index is 1.59. The van der Waals surface area contributed by atoms with E-state index in [1.165, 1.54) is 35.0 Å². The van der Waals surface area contributed by atoms with Gasteiger partial charge in [-0.15, -0.1) is 0 Å². The van der Waals surface area contributed by atoms with Gasteiger partial charge in [0, 0.05) is 31.4 Å². The number of nitrogens with zero attached hydrogens (tertiary/aromatic N) is 2. The summed E-state index contributed by atoms with van der Waals surface area (Å²) < 4.78 is 14.1. The quantitative estimate of drug-likeness (QED) is 0.762. The summed E-state index contributed by atoms with van der Waals surface area (Å²) in [7, 11) is 2.02. The van der Waals surface area contributed by atoms with E-state index in [0.29, 0.717) is 5.56 Å². The maximum absolute atomic E-state index is 12.9. The van der Waals surface area contributed by atoms with E-state index in [9.17, 15) is 18.8 Å². The molecule has 2 aromatic rings. The molecule has 3 rings (SSSR count). The number of halogens is 1.